The van der Waals surface area contributed by atoms with Crippen molar-refractivity contribution in [3.05, 3.63) is 0 Å². The highest BCUT2D eigenvalue weighted by Gasteiger charge is 2.62. The predicted octanol–water partition coefficient (Wildman–Crippen LogP) is 8.13. The molecule has 0 aromatic carbocycles. The van der Waals surface area contributed by atoms with E-state index < -0.39 is 15.2 Å². The van der Waals surface area contributed by atoms with Crippen LogP contribution in [-0.2, 0) is 0 Å². The van der Waals surface area contributed by atoms with Gasteiger partial charge in [0.25, 0.3) is 0 Å². The number of rotatable bonds is 3. The van der Waals surface area contributed by atoms with Crippen molar-refractivity contribution < 1.29 is 0 Å². The SMILES string of the molecule is C[Si]([Si](I)[Si](C)(C(C)(C)C)C(C)(C)C)[Si](C)(C(C)(C)C)C(C)(C)C. The first-order chi connectivity index (χ1) is 10.1. The molecule has 0 spiro atoms. The standard InChI is InChI=1S/C19H45ISi4/c1-16(2,3)23(14,17(4,5)6)21(13)22(20)24(15,18(7,8)9)19(10,11)12/h1-15H3. The maximum Gasteiger partial charge on any atom is 0.107 e. The molecular formula is C19H45ISi4. The summed E-state index contributed by atoms with van der Waals surface area (Å²) in [6, 6.07) is 0. The van der Waals surface area contributed by atoms with E-state index in [4.69, 9.17) is 0 Å². The number of hydrogen-bond donors (Lipinski definition) is 0. The van der Waals surface area contributed by atoms with Crippen LogP contribution < -0.4 is 0 Å². The van der Waals surface area contributed by atoms with E-state index in [1.807, 2.05) is 0 Å². The molecule has 0 atom stereocenters. The Balaban J connectivity index is 6.41. The molecule has 0 bridgehead atoms. The van der Waals surface area contributed by atoms with Crippen LogP contribution in [0.3, 0.4) is 0 Å². The van der Waals surface area contributed by atoms with E-state index in [1.54, 1.807) is 0 Å². The average molecular weight is 513 g/mol. The fraction of sp³-hybridized carbons (Fsp3) is 1.00. The summed E-state index contributed by atoms with van der Waals surface area (Å²) in [5, 5.41) is 1.57. The van der Waals surface area contributed by atoms with Gasteiger partial charge in [-0.3, -0.25) is 0 Å². The minimum atomic E-state index is -1.42. The predicted molar refractivity (Wildman–Crippen MR) is 133 cm³/mol. The summed E-state index contributed by atoms with van der Waals surface area (Å²) in [6.45, 7) is 38.9. The molecule has 0 saturated carbocycles. The van der Waals surface area contributed by atoms with E-state index in [0.29, 0.717) is 20.2 Å². The zero-order valence-corrected chi connectivity index (χ0v) is 25.5. The largest absolute Gasteiger partial charge is 0.129 e. The van der Waals surface area contributed by atoms with Crippen molar-refractivity contribution in [1.82, 2.24) is 0 Å². The molecule has 0 fully saturated rings. The van der Waals surface area contributed by atoms with E-state index in [0.717, 1.165) is 0 Å². The van der Waals surface area contributed by atoms with Gasteiger partial charge in [-0.25, -0.2) is 0 Å². The summed E-state index contributed by atoms with van der Waals surface area (Å²) in [7, 11) is -3.18. The Kier molecular flexibility index (Phi) is 7.69. The number of hydrogen-bond acceptors (Lipinski definition) is 0. The molecule has 0 aromatic heterocycles. The summed E-state index contributed by atoms with van der Waals surface area (Å²) in [6.07, 6.45) is 0. The lowest BCUT2D eigenvalue weighted by molar-refractivity contribution is 0.633. The second-order valence-electron chi connectivity index (χ2n) is 12.2. The maximum atomic E-state index is 3.05. The summed E-state index contributed by atoms with van der Waals surface area (Å²) < 4.78 is 0. The summed E-state index contributed by atoms with van der Waals surface area (Å²) in [4.78, 5) is 0. The van der Waals surface area contributed by atoms with Gasteiger partial charge in [-0.2, -0.15) is 0 Å². The summed E-state index contributed by atoms with van der Waals surface area (Å²) in [5.74, 6) is 0. The van der Waals surface area contributed by atoms with Gasteiger partial charge in [0.05, 0.1) is 15.2 Å². The van der Waals surface area contributed by atoms with Crippen LogP contribution in [0.15, 0.2) is 0 Å². The molecule has 0 rings (SSSR count). The van der Waals surface area contributed by atoms with E-state index in [2.05, 4.69) is 125 Å². The van der Waals surface area contributed by atoms with Crippen molar-refractivity contribution in [2.24, 2.45) is 0 Å². The zero-order chi connectivity index (χ0) is 20.2. The fourth-order valence-corrected chi connectivity index (χ4v) is 95.0. The third-order valence-electron chi connectivity index (χ3n) is 7.52. The van der Waals surface area contributed by atoms with Crippen LogP contribution in [0.5, 0.6) is 0 Å². The first-order valence-electron chi connectivity index (χ1n) is 9.44. The van der Waals surface area contributed by atoms with Gasteiger partial charge in [0.15, 0.2) is 0 Å². The zero-order valence-electron chi connectivity index (χ0n) is 19.4. The van der Waals surface area contributed by atoms with Crippen LogP contribution in [0.2, 0.25) is 39.8 Å². The van der Waals surface area contributed by atoms with E-state index in [-0.39, 0.29) is 13.2 Å². The van der Waals surface area contributed by atoms with E-state index >= 15 is 0 Å². The second kappa shape index (κ2) is 7.21. The molecule has 0 nitrogen and oxygen atoms in total. The van der Waals surface area contributed by atoms with Gasteiger partial charge in [-0.15, -0.1) is 21.8 Å². The first kappa shape index (κ1) is 25.6. The monoisotopic (exact) mass is 512 g/mol. The lowest BCUT2D eigenvalue weighted by Crippen LogP contribution is -2.73. The van der Waals surface area contributed by atoms with E-state index in [1.165, 1.54) is 0 Å². The molecule has 24 heavy (non-hydrogen) atoms. The minimum Gasteiger partial charge on any atom is -0.129 e. The third-order valence-corrected chi connectivity index (χ3v) is 79.1. The normalized spacial score (nSPS) is 16.2. The van der Waals surface area contributed by atoms with Gasteiger partial charge in [0, 0.05) is 7.83 Å². The van der Waals surface area contributed by atoms with Crippen LogP contribution in [0.4, 0.5) is 0 Å². The summed E-state index contributed by atoms with van der Waals surface area (Å²) >= 11 is 3.05. The van der Waals surface area contributed by atoms with Crippen LogP contribution in [0, 0.1) is 0 Å². The van der Waals surface area contributed by atoms with Crippen molar-refractivity contribution in [2.75, 3.05) is 0 Å². The third kappa shape index (κ3) is 4.19. The van der Waals surface area contributed by atoms with Gasteiger partial charge in [-0.05, 0) is 20.2 Å². The van der Waals surface area contributed by atoms with Gasteiger partial charge in [-0.1, -0.05) is 103 Å². The van der Waals surface area contributed by atoms with E-state index in [9.17, 15) is 0 Å². The molecule has 0 saturated heterocycles. The minimum absolute atomic E-state index is 0.351. The smallest absolute Gasteiger partial charge is 0.107 e. The van der Waals surface area contributed by atoms with Crippen LogP contribution >= 0.6 is 21.8 Å². The molecular weight excluding hydrogens is 467 g/mol. The van der Waals surface area contributed by atoms with Crippen LogP contribution in [0.1, 0.15) is 83.1 Å². The first-order valence-corrected chi connectivity index (χ1v) is 24.1. The molecule has 0 heterocycles. The second-order valence-corrected chi connectivity index (χ2v) is 50.4. The van der Waals surface area contributed by atoms with Crippen molar-refractivity contribution >= 4 is 50.1 Å². The molecule has 0 N–H and O–H groups in total. The van der Waals surface area contributed by atoms with Crippen LogP contribution in [-0.4, -0.2) is 28.3 Å². The Labute approximate surface area is 172 Å². The van der Waals surface area contributed by atoms with Crippen molar-refractivity contribution in [3.63, 3.8) is 0 Å². The molecule has 2 radical (unpaired) electrons. The Morgan fingerprint density at radius 2 is 0.750 bits per heavy atom. The highest BCUT2D eigenvalue weighted by atomic mass is 127. The Morgan fingerprint density at radius 1 is 0.542 bits per heavy atom. The van der Waals surface area contributed by atoms with Gasteiger partial charge >= 0.3 is 0 Å². The fourth-order valence-electron chi connectivity index (χ4n) is 4.63. The van der Waals surface area contributed by atoms with Gasteiger partial charge < -0.3 is 0 Å². The van der Waals surface area contributed by atoms with Crippen molar-refractivity contribution in [2.45, 2.75) is 123 Å². The molecule has 0 aliphatic carbocycles. The molecule has 0 aliphatic heterocycles. The quantitative estimate of drug-likeness (QED) is 0.203. The Bertz CT molecular complexity index is 362. The maximum absolute atomic E-state index is 3.05. The lowest BCUT2D eigenvalue weighted by atomic mass is 10.2. The lowest BCUT2D eigenvalue weighted by Gasteiger charge is -2.59. The molecule has 5 heteroatoms. The van der Waals surface area contributed by atoms with Gasteiger partial charge in [0.2, 0.25) is 0 Å². The highest BCUT2D eigenvalue weighted by molar-refractivity contribution is 14.1. The Morgan fingerprint density at radius 3 is 0.917 bits per heavy atom. The molecule has 0 amide bonds. The highest BCUT2D eigenvalue weighted by Crippen LogP contribution is 2.58. The van der Waals surface area contributed by atoms with Gasteiger partial charge in [0.1, 0.15) is 5.33 Å². The number of halogens is 1. The van der Waals surface area contributed by atoms with Crippen molar-refractivity contribution in [3.8, 4) is 0 Å². The molecule has 0 aromatic rings. The molecule has 0 aliphatic rings. The topological polar surface area (TPSA) is 0 Å². The molecule has 144 valence electrons. The average Bonchev–Trinajstić information content (AvgIpc) is 2.29. The summed E-state index contributed by atoms with van der Waals surface area (Å²) in [5.41, 5.74) is 0. The van der Waals surface area contributed by atoms with Crippen LogP contribution in [0.25, 0.3) is 0 Å². The Hall–Kier alpha value is 1.60. The molecule has 0 unspecified atom stereocenters. The van der Waals surface area contributed by atoms with Crippen molar-refractivity contribution in [1.29, 1.82) is 0 Å².